The zero-order valence-electron chi connectivity index (χ0n) is 11.2. The molecule has 1 unspecified atom stereocenters. The standard InChI is InChI=1S/C13H18O6/c1-4-5-11(14)19-13(16)8-6-9(17-2)12(15)10(7-8)18-3/h6-7,11,14-15H,4-5H2,1-3H3. The number of aliphatic hydroxyl groups is 1. The van der Waals surface area contributed by atoms with Crippen LogP contribution in [0, 0.1) is 0 Å². The molecule has 0 spiro atoms. The second-order valence-corrected chi connectivity index (χ2v) is 3.88. The first kappa shape index (κ1) is 15.1. The number of esters is 1. The van der Waals surface area contributed by atoms with Crippen molar-refractivity contribution in [3.63, 3.8) is 0 Å². The molecule has 0 aliphatic heterocycles. The molecule has 0 bridgehead atoms. The second-order valence-electron chi connectivity index (χ2n) is 3.88. The first-order valence-corrected chi connectivity index (χ1v) is 5.87. The minimum atomic E-state index is -1.15. The molecule has 0 saturated heterocycles. The topological polar surface area (TPSA) is 85.2 Å². The van der Waals surface area contributed by atoms with Crippen LogP contribution in [0.3, 0.4) is 0 Å². The zero-order valence-corrected chi connectivity index (χ0v) is 11.2. The maximum absolute atomic E-state index is 11.8. The Kier molecular flexibility index (Phi) is 5.44. The Bertz CT molecular complexity index is 418. The second kappa shape index (κ2) is 6.84. The maximum Gasteiger partial charge on any atom is 0.340 e. The predicted molar refractivity (Wildman–Crippen MR) is 67.5 cm³/mol. The SMILES string of the molecule is CCCC(O)OC(=O)c1cc(OC)c(O)c(OC)c1. The number of ether oxygens (including phenoxy) is 3. The number of hydrogen-bond acceptors (Lipinski definition) is 6. The van der Waals surface area contributed by atoms with Gasteiger partial charge in [0.15, 0.2) is 11.5 Å². The number of aromatic hydroxyl groups is 1. The van der Waals surface area contributed by atoms with Gasteiger partial charge in [0.05, 0.1) is 19.8 Å². The van der Waals surface area contributed by atoms with Gasteiger partial charge in [-0.25, -0.2) is 4.79 Å². The summed E-state index contributed by atoms with van der Waals surface area (Å²) in [6, 6.07) is 2.64. The third kappa shape index (κ3) is 3.75. The van der Waals surface area contributed by atoms with E-state index in [9.17, 15) is 15.0 Å². The largest absolute Gasteiger partial charge is 0.502 e. The highest BCUT2D eigenvalue weighted by atomic mass is 16.6. The molecule has 0 fully saturated rings. The van der Waals surface area contributed by atoms with E-state index in [0.29, 0.717) is 12.8 Å². The number of hydrogen-bond donors (Lipinski definition) is 2. The third-order valence-corrected chi connectivity index (χ3v) is 2.49. The molecule has 106 valence electrons. The lowest BCUT2D eigenvalue weighted by molar-refractivity contribution is -0.0685. The van der Waals surface area contributed by atoms with Gasteiger partial charge in [-0.05, 0) is 12.1 Å². The molecular formula is C13H18O6. The Morgan fingerprint density at radius 2 is 1.79 bits per heavy atom. The first-order valence-electron chi connectivity index (χ1n) is 5.87. The van der Waals surface area contributed by atoms with Gasteiger partial charge in [-0.3, -0.25) is 0 Å². The molecule has 0 radical (unpaired) electrons. The fraction of sp³-hybridized carbons (Fsp3) is 0.462. The number of phenols is 1. The molecule has 1 rings (SSSR count). The van der Waals surface area contributed by atoms with Gasteiger partial charge in [-0.1, -0.05) is 13.3 Å². The number of carbonyl (C=O) groups excluding carboxylic acids is 1. The molecular weight excluding hydrogens is 252 g/mol. The van der Waals surface area contributed by atoms with Crippen LogP contribution < -0.4 is 9.47 Å². The summed E-state index contributed by atoms with van der Waals surface area (Å²) in [6.07, 6.45) is -0.0994. The van der Waals surface area contributed by atoms with Crippen molar-refractivity contribution in [1.29, 1.82) is 0 Å². The summed E-state index contributed by atoms with van der Waals surface area (Å²) in [5.41, 5.74) is 0.127. The third-order valence-electron chi connectivity index (χ3n) is 2.49. The molecule has 0 amide bonds. The van der Waals surface area contributed by atoms with Gasteiger partial charge in [0, 0.05) is 6.42 Å². The van der Waals surface area contributed by atoms with Gasteiger partial charge < -0.3 is 24.4 Å². The van der Waals surface area contributed by atoms with Crippen molar-refractivity contribution in [2.75, 3.05) is 14.2 Å². The summed E-state index contributed by atoms with van der Waals surface area (Å²) in [7, 11) is 2.71. The van der Waals surface area contributed by atoms with Crippen molar-refractivity contribution in [3.05, 3.63) is 17.7 Å². The lowest BCUT2D eigenvalue weighted by atomic mass is 10.2. The fourth-order valence-corrected chi connectivity index (χ4v) is 1.51. The summed E-state index contributed by atoms with van der Waals surface area (Å²) < 4.78 is 14.7. The van der Waals surface area contributed by atoms with Crippen LogP contribution in [0.5, 0.6) is 17.2 Å². The van der Waals surface area contributed by atoms with E-state index in [1.165, 1.54) is 26.4 Å². The van der Waals surface area contributed by atoms with Crippen molar-refractivity contribution in [2.45, 2.75) is 26.1 Å². The summed E-state index contributed by atoms with van der Waals surface area (Å²) in [5.74, 6) is -0.722. The van der Waals surface area contributed by atoms with Gasteiger partial charge in [-0.15, -0.1) is 0 Å². The monoisotopic (exact) mass is 270 g/mol. The molecule has 0 heterocycles. The fourth-order valence-electron chi connectivity index (χ4n) is 1.51. The number of methoxy groups -OCH3 is 2. The van der Waals surface area contributed by atoms with Crippen LogP contribution >= 0.6 is 0 Å². The van der Waals surface area contributed by atoms with Crippen LogP contribution in [0.1, 0.15) is 30.1 Å². The average molecular weight is 270 g/mol. The predicted octanol–water partition coefficient (Wildman–Crippen LogP) is 1.68. The molecule has 1 aromatic carbocycles. The van der Waals surface area contributed by atoms with Crippen LogP contribution in [0.2, 0.25) is 0 Å². The molecule has 19 heavy (non-hydrogen) atoms. The number of benzene rings is 1. The number of aliphatic hydroxyl groups excluding tert-OH is 1. The molecule has 0 aromatic heterocycles. The van der Waals surface area contributed by atoms with Crippen LogP contribution in [0.15, 0.2) is 12.1 Å². The number of rotatable bonds is 6. The summed E-state index contributed by atoms with van der Waals surface area (Å²) >= 11 is 0. The molecule has 6 heteroatoms. The summed E-state index contributed by atoms with van der Waals surface area (Å²) in [6.45, 7) is 1.86. The maximum atomic E-state index is 11.8. The van der Waals surface area contributed by atoms with Crippen LogP contribution in [-0.2, 0) is 4.74 Å². The highest BCUT2D eigenvalue weighted by Gasteiger charge is 2.18. The molecule has 1 aromatic rings. The van der Waals surface area contributed by atoms with Crippen LogP contribution in [0.4, 0.5) is 0 Å². The first-order chi connectivity index (χ1) is 9.03. The molecule has 2 N–H and O–H groups in total. The Labute approximate surface area is 111 Å². The molecule has 0 aliphatic rings. The van der Waals surface area contributed by atoms with E-state index in [0.717, 1.165) is 0 Å². The molecule has 1 atom stereocenters. The van der Waals surface area contributed by atoms with Crippen molar-refractivity contribution in [2.24, 2.45) is 0 Å². The minimum Gasteiger partial charge on any atom is -0.502 e. The lowest BCUT2D eigenvalue weighted by Gasteiger charge is -2.13. The van der Waals surface area contributed by atoms with E-state index < -0.39 is 12.3 Å². The van der Waals surface area contributed by atoms with E-state index in [2.05, 4.69) is 0 Å². The Morgan fingerprint density at radius 1 is 1.26 bits per heavy atom. The summed E-state index contributed by atoms with van der Waals surface area (Å²) in [4.78, 5) is 11.8. The lowest BCUT2D eigenvalue weighted by Crippen LogP contribution is -2.17. The Morgan fingerprint density at radius 3 is 2.21 bits per heavy atom. The Balaban J connectivity index is 2.97. The minimum absolute atomic E-state index is 0.0938. The van der Waals surface area contributed by atoms with Crippen molar-refractivity contribution in [3.8, 4) is 17.2 Å². The van der Waals surface area contributed by atoms with E-state index in [-0.39, 0.29) is 22.8 Å². The molecule has 0 aliphatic carbocycles. The number of carbonyl (C=O) groups is 1. The van der Waals surface area contributed by atoms with E-state index in [4.69, 9.17) is 14.2 Å². The molecule has 0 saturated carbocycles. The molecule has 6 nitrogen and oxygen atoms in total. The normalized spacial score (nSPS) is 11.8. The van der Waals surface area contributed by atoms with E-state index >= 15 is 0 Å². The van der Waals surface area contributed by atoms with Crippen molar-refractivity contribution in [1.82, 2.24) is 0 Å². The average Bonchev–Trinajstić information content (AvgIpc) is 2.39. The van der Waals surface area contributed by atoms with Gasteiger partial charge in [0.25, 0.3) is 0 Å². The smallest absolute Gasteiger partial charge is 0.340 e. The quantitative estimate of drug-likeness (QED) is 0.604. The van der Waals surface area contributed by atoms with Gasteiger partial charge in [0.1, 0.15) is 0 Å². The van der Waals surface area contributed by atoms with Crippen molar-refractivity contribution < 1.29 is 29.2 Å². The van der Waals surface area contributed by atoms with Crippen molar-refractivity contribution >= 4 is 5.97 Å². The summed E-state index contributed by atoms with van der Waals surface area (Å²) in [5, 5.41) is 19.1. The zero-order chi connectivity index (χ0) is 14.4. The van der Waals surface area contributed by atoms with Gasteiger partial charge in [0.2, 0.25) is 12.0 Å². The van der Waals surface area contributed by atoms with Crippen LogP contribution in [0.25, 0.3) is 0 Å². The van der Waals surface area contributed by atoms with Gasteiger partial charge in [-0.2, -0.15) is 0 Å². The highest BCUT2D eigenvalue weighted by molar-refractivity contribution is 5.91. The Hall–Kier alpha value is -1.95. The van der Waals surface area contributed by atoms with Crippen LogP contribution in [-0.4, -0.2) is 36.7 Å². The van der Waals surface area contributed by atoms with E-state index in [1.54, 1.807) is 0 Å². The highest BCUT2D eigenvalue weighted by Crippen LogP contribution is 2.37. The number of phenolic OH excluding ortho intramolecular Hbond substituents is 1. The van der Waals surface area contributed by atoms with E-state index in [1.807, 2.05) is 6.92 Å². The van der Waals surface area contributed by atoms with Gasteiger partial charge >= 0.3 is 5.97 Å².